The topological polar surface area (TPSA) is 71.1 Å². The quantitative estimate of drug-likeness (QED) is 0.340. The van der Waals surface area contributed by atoms with E-state index in [9.17, 15) is 9.59 Å². The third kappa shape index (κ3) is 7.72. The monoisotopic (exact) mass is 474 g/mol. The van der Waals surface area contributed by atoms with Gasteiger partial charge in [0.25, 0.3) is 0 Å². The Bertz CT molecular complexity index is 520. The second-order valence-electron chi connectivity index (χ2n) is 9.04. The lowest BCUT2D eigenvalue weighted by Crippen LogP contribution is -2.44. The van der Waals surface area contributed by atoms with E-state index in [-0.39, 0.29) is 35.9 Å². The SMILES string of the molecule is C=C(Br)CB1O[C@@H](C(=O)OC(C(C)C)C(C)C)[C@H](C(=O)OC(C(C)C)C(C)C)O1. The van der Waals surface area contributed by atoms with Gasteiger partial charge in [-0.2, -0.15) is 0 Å². The second-order valence-corrected chi connectivity index (χ2v) is 10.2. The predicted octanol–water partition coefficient (Wildman–Crippen LogP) is 4.61. The lowest BCUT2D eigenvalue weighted by Gasteiger charge is -2.28. The highest BCUT2D eigenvalue weighted by Gasteiger charge is 2.50. The van der Waals surface area contributed by atoms with Crippen LogP contribution in [0.5, 0.6) is 0 Å². The number of carbonyl (C=O) groups is 2. The van der Waals surface area contributed by atoms with Crippen LogP contribution in [0.25, 0.3) is 0 Å². The number of ether oxygens (including phenoxy) is 2. The van der Waals surface area contributed by atoms with E-state index in [0.717, 1.165) is 0 Å². The molecule has 0 radical (unpaired) electrons. The Morgan fingerprint density at radius 1 is 0.828 bits per heavy atom. The van der Waals surface area contributed by atoms with Gasteiger partial charge in [0.2, 0.25) is 0 Å². The van der Waals surface area contributed by atoms with E-state index >= 15 is 0 Å². The Morgan fingerprint density at radius 2 is 1.14 bits per heavy atom. The smallest absolute Gasteiger partial charge is 0.460 e. The van der Waals surface area contributed by atoms with Crippen molar-refractivity contribution < 1.29 is 28.4 Å². The van der Waals surface area contributed by atoms with Crippen molar-refractivity contribution in [1.82, 2.24) is 0 Å². The summed E-state index contributed by atoms with van der Waals surface area (Å²) in [4.78, 5) is 25.8. The molecule has 6 nitrogen and oxygen atoms in total. The Labute approximate surface area is 184 Å². The standard InChI is InChI=1S/C21H36BBrO6/c1-11(2)16(12(3)4)26-20(24)18-19(29-22(28-18)10-15(9)23)21(25)27-17(13(5)6)14(7)8/h11-14,16-19H,9-10H2,1-8H3/t18-,19-/m1/s1. The summed E-state index contributed by atoms with van der Waals surface area (Å²) in [7, 11) is -0.773. The molecule has 0 aromatic carbocycles. The molecule has 0 bridgehead atoms. The summed E-state index contributed by atoms with van der Waals surface area (Å²) in [5.74, 6) is -0.667. The Morgan fingerprint density at radius 3 is 1.38 bits per heavy atom. The van der Waals surface area contributed by atoms with Gasteiger partial charge in [0.05, 0.1) is 0 Å². The van der Waals surface area contributed by atoms with E-state index in [0.29, 0.717) is 10.8 Å². The molecule has 0 spiro atoms. The molecule has 166 valence electrons. The molecule has 0 unspecified atom stereocenters. The molecular weight excluding hydrogens is 439 g/mol. The Hall–Kier alpha value is -0.855. The minimum Gasteiger partial charge on any atom is -0.460 e. The van der Waals surface area contributed by atoms with E-state index in [1.807, 2.05) is 55.4 Å². The molecule has 8 heteroatoms. The zero-order valence-electron chi connectivity index (χ0n) is 18.9. The molecule has 2 atom stereocenters. The van der Waals surface area contributed by atoms with E-state index < -0.39 is 31.3 Å². The van der Waals surface area contributed by atoms with Crippen molar-refractivity contribution in [3.05, 3.63) is 11.1 Å². The third-order valence-electron chi connectivity index (χ3n) is 4.86. The Balaban J connectivity index is 3.01. The van der Waals surface area contributed by atoms with E-state index in [1.165, 1.54) is 0 Å². The number of rotatable bonds is 10. The molecule has 0 N–H and O–H groups in total. The average Bonchev–Trinajstić information content (AvgIpc) is 2.99. The largest absolute Gasteiger partial charge is 0.463 e. The molecule has 1 aliphatic rings. The van der Waals surface area contributed by atoms with E-state index in [1.54, 1.807) is 0 Å². The first-order valence-electron chi connectivity index (χ1n) is 10.4. The van der Waals surface area contributed by atoms with Crippen molar-refractivity contribution >= 4 is 35.0 Å². The van der Waals surface area contributed by atoms with Crippen LogP contribution in [0.1, 0.15) is 55.4 Å². The summed E-state index contributed by atoms with van der Waals surface area (Å²) < 4.78 is 23.5. The van der Waals surface area contributed by atoms with Crippen LogP contribution in [0.3, 0.4) is 0 Å². The van der Waals surface area contributed by atoms with Crippen LogP contribution in [0.4, 0.5) is 0 Å². The number of hydrogen-bond acceptors (Lipinski definition) is 6. The molecule has 0 saturated carbocycles. The lowest BCUT2D eigenvalue weighted by molar-refractivity contribution is -0.174. The molecule has 1 aliphatic heterocycles. The van der Waals surface area contributed by atoms with Crippen molar-refractivity contribution in [1.29, 1.82) is 0 Å². The fourth-order valence-electron chi connectivity index (χ4n) is 3.62. The lowest BCUT2D eigenvalue weighted by atomic mass is 9.85. The van der Waals surface area contributed by atoms with Gasteiger partial charge in [-0.3, -0.25) is 0 Å². The molecule has 0 aliphatic carbocycles. The molecule has 29 heavy (non-hydrogen) atoms. The van der Waals surface area contributed by atoms with Gasteiger partial charge in [-0.05, 0) is 28.2 Å². The van der Waals surface area contributed by atoms with Crippen molar-refractivity contribution in [2.45, 2.75) is 86.1 Å². The maximum absolute atomic E-state index is 12.9. The first kappa shape index (κ1) is 26.2. The van der Waals surface area contributed by atoms with Crippen LogP contribution >= 0.6 is 15.9 Å². The fourth-order valence-corrected chi connectivity index (χ4v) is 3.89. The maximum Gasteiger partial charge on any atom is 0.463 e. The van der Waals surface area contributed by atoms with Gasteiger partial charge in [0.15, 0.2) is 12.2 Å². The van der Waals surface area contributed by atoms with Gasteiger partial charge in [0.1, 0.15) is 12.2 Å². The van der Waals surface area contributed by atoms with E-state index in [2.05, 4.69) is 22.5 Å². The van der Waals surface area contributed by atoms with Crippen molar-refractivity contribution in [3.8, 4) is 0 Å². The molecular formula is C21H36BBrO6. The van der Waals surface area contributed by atoms with Crippen LogP contribution in [0.15, 0.2) is 11.1 Å². The van der Waals surface area contributed by atoms with Crippen molar-refractivity contribution in [2.24, 2.45) is 23.7 Å². The van der Waals surface area contributed by atoms with Crippen LogP contribution in [-0.2, 0) is 28.4 Å². The molecule has 0 aromatic heterocycles. The number of allylic oxidation sites excluding steroid dienone is 1. The summed E-state index contributed by atoms with van der Waals surface area (Å²) >= 11 is 3.27. The van der Waals surface area contributed by atoms with Gasteiger partial charge < -0.3 is 18.8 Å². The number of carbonyl (C=O) groups excluding carboxylic acids is 2. The first-order valence-corrected chi connectivity index (χ1v) is 11.2. The maximum atomic E-state index is 12.9. The van der Waals surface area contributed by atoms with Crippen LogP contribution in [0, 0.1) is 23.7 Å². The number of halogens is 1. The molecule has 1 heterocycles. The number of hydrogen-bond donors (Lipinski definition) is 0. The average molecular weight is 475 g/mol. The zero-order chi connectivity index (χ0) is 22.5. The third-order valence-corrected chi connectivity index (χ3v) is 5.18. The normalized spacial score (nSPS) is 19.9. The van der Waals surface area contributed by atoms with Crippen molar-refractivity contribution in [2.75, 3.05) is 0 Å². The van der Waals surface area contributed by atoms with Gasteiger partial charge in [-0.25, -0.2) is 9.59 Å². The fraction of sp³-hybridized carbons (Fsp3) is 0.810. The van der Waals surface area contributed by atoms with Gasteiger partial charge in [0, 0.05) is 6.32 Å². The van der Waals surface area contributed by atoms with Crippen LogP contribution in [-0.4, -0.2) is 43.5 Å². The minimum atomic E-state index is -1.17. The molecule has 1 saturated heterocycles. The highest BCUT2D eigenvalue weighted by atomic mass is 79.9. The molecule has 0 amide bonds. The predicted molar refractivity (Wildman–Crippen MR) is 117 cm³/mol. The summed E-state index contributed by atoms with van der Waals surface area (Å²) in [6.07, 6.45) is -2.60. The second kappa shape index (κ2) is 11.5. The van der Waals surface area contributed by atoms with Crippen LogP contribution < -0.4 is 0 Å². The van der Waals surface area contributed by atoms with Crippen LogP contribution in [0.2, 0.25) is 6.32 Å². The zero-order valence-corrected chi connectivity index (χ0v) is 20.5. The molecule has 1 fully saturated rings. The van der Waals surface area contributed by atoms with E-state index in [4.69, 9.17) is 18.8 Å². The Kier molecular flexibility index (Phi) is 10.4. The summed E-state index contributed by atoms with van der Waals surface area (Å²) in [6.45, 7) is 19.7. The summed E-state index contributed by atoms with van der Waals surface area (Å²) in [5.41, 5.74) is 0. The van der Waals surface area contributed by atoms with Gasteiger partial charge in [-0.1, -0.05) is 77.9 Å². The number of esters is 2. The summed E-state index contributed by atoms with van der Waals surface area (Å²) in [5, 5.41) is 0. The van der Waals surface area contributed by atoms with Gasteiger partial charge >= 0.3 is 19.1 Å². The highest BCUT2D eigenvalue weighted by molar-refractivity contribution is 9.11. The summed E-state index contributed by atoms with van der Waals surface area (Å²) in [6, 6.07) is 0. The molecule has 0 aromatic rings. The van der Waals surface area contributed by atoms with Gasteiger partial charge in [-0.15, -0.1) is 0 Å². The minimum absolute atomic E-state index is 0.135. The van der Waals surface area contributed by atoms with Crippen molar-refractivity contribution in [3.63, 3.8) is 0 Å². The highest BCUT2D eigenvalue weighted by Crippen LogP contribution is 2.28. The molecule has 1 rings (SSSR count). The first-order chi connectivity index (χ1) is 13.3.